The fraction of sp³-hybridized carbons (Fsp3) is 0.286. The van der Waals surface area contributed by atoms with Gasteiger partial charge in [0.25, 0.3) is 11.9 Å². The minimum absolute atomic E-state index is 0.0569. The molecule has 0 atom stereocenters. The molecule has 170 valence electrons. The van der Waals surface area contributed by atoms with Crippen molar-refractivity contribution in [2.45, 2.75) is 5.92 Å². The van der Waals surface area contributed by atoms with Gasteiger partial charge < -0.3 is 30.2 Å². The van der Waals surface area contributed by atoms with Crippen molar-refractivity contribution in [2.24, 2.45) is 12.8 Å². The van der Waals surface area contributed by atoms with Gasteiger partial charge in [-0.25, -0.2) is 9.97 Å². The molecule has 1 amide bonds. The van der Waals surface area contributed by atoms with Gasteiger partial charge in [0, 0.05) is 38.3 Å². The highest BCUT2D eigenvalue weighted by Crippen LogP contribution is 2.33. The zero-order chi connectivity index (χ0) is 22.9. The van der Waals surface area contributed by atoms with E-state index < -0.39 is 5.91 Å². The minimum atomic E-state index is -0.662. The molecule has 1 aliphatic rings. The Bertz CT molecular complexity index is 1310. The van der Waals surface area contributed by atoms with E-state index in [1.807, 2.05) is 11.0 Å². The number of primary amides is 1. The molecule has 1 fully saturated rings. The lowest BCUT2D eigenvalue weighted by Crippen LogP contribution is -2.45. The lowest BCUT2D eigenvalue weighted by molar-refractivity contribution is 0.0995. The number of fused-ring (bicyclic) bond motifs is 1. The maximum Gasteiger partial charge on any atom is 0.298 e. The second kappa shape index (κ2) is 8.39. The van der Waals surface area contributed by atoms with Gasteiger partial charge in [0.15, 0.2) is 17.1 Å². The molecular weight excluding hydrogens is 428 g/mol. The number of ether oxygens (including phenoxy) is 1. The Labute approximate surface area is 188 Å². The van der Waals surface area contributed by atoms with Gasteiger partial charge in [-0.3, -0.25) is 9.48 Å². The lowest BCUT2D eigenvalue weighted by Gasteiger charge is -2.37. The maximum absolute atomic E-state index is 12.0. The van der Waals surface area contributed by atoms with Crippen molar-refractivity contribution >= 4 is 34.5 Å². The number of hydrogen-bond donors (Lipinski definition) is 3. The summed E-state index contributed by atoms with van der Waals surface area (Å²) in [5.74, 6) is 0.287. The molecule has 4 aromatic rings. The number of nitrogens with zero attached hydrogens (tertiary/aromatic N) is 6. The van der Waals surface area contributed by atoms with E-state index in [4.69, 9.17) is 20.0 Å². The molecule has 1 saturated heterocycles. The van der Waals surface area contributed by atoms with E-state index in [0.29, 0.717) is 47.3 Å². The van der Waals surface area contributed by atoms with Crippen LogP contribution in [0.1, 0.15) is 22.1 Å². The summed E-state index contributed by atoms with van der Waals surface area (Å²) >= 11 is 0. The molecule has 0 saturated carbocycles. The summed E-state index contributed by atoms with van der Waals surface area (Å²) in [6.45, 7) is 1.38. The van der Waals surface area contributed by atoms with Gasteiger partial charge in [-0.05, 0) is 12.1 Å². The third kappa shape index (κ3) is 4.15. The molecule has 5 rings (SSSR count). The van der Waals surface area contributed by atoms with E-state index in [1.54, 1.807) is 42.5 Å². The largest absolute Gasteiger partial charge is 0.491 e. The van der Waals surface area contributed by atoms with Gasteiger partial charge in [0.2, 0.25) is 0 Å². The first-order chi connectivity index (χ1) is 16.0. The van der Waals surface area contributed by atoms with Crippen LogP contribution in [-0.2, 0) is 7.05 Å². The smallest absolute Gasteiger partial charge is 0.298 e. The molecule has 12 heteroatoms. The zero-order valence-electron chi connectivity index (χ0n) is 17.8. The van der Waals surface area contributed by atoms with Crippen LogP contribution >= 0.6 is 0 Å². The van der Waals surface area contributed by atoms with Crippen LogP contribution < -0.4 is 20.7 Å². The second-order valence-corrected chi connectivity index (χ2v) is 7.68. The molecular formula is C21H22N8O4. The molecule has 0 radical (unpaired) electrons. The molecule has 12 nitrogen and oxygen atoms in total. The summed E-state index contributed by atoms with van der Waals surface area (Å²) in [7, 11) is 1.79. The molecule has 4 N–H and O–H groups in total. The number of nitrogens with one attached hydrogen (secondary N) is 1. The van der Waals surface area contributed by atoms with E-state index in [0.717, 1.165) is 0 Å². The standard InChI is InChI=1S/C21H22N8O4/c1-28-11-13(7-24-28)25-20-18(19(22)31)26-16(8-23-20)12-9-29(10-12)21-27-15-3-2-14(32-5-4-30)6-17(15)33-21/h2-3,6-8,11-12,30H,4-5,9-10H2,1H3,(H2,22,31)(H,23,25). The monoisotopic (exact) mass is 450 g/mol. The van der Waals surface area contributed by atoms with Crippen molar-refractivity contribution in [1.82, 2.24) is 24.7 Å². The molecule has 1 aromatic carbocycles. The van der Waals surface area contributed by atoms with Gasteiger partial charge in [0.1, 0.15) is 17.9 Å². The number of aryl methyl sites for hydroxylation is 1. The van der Waals surface area contributed by atoms with E-state index in [1.165, 1.54) is 0 Å². The SMILES string of the molecule is Cn1cc(Nc2ncc(C3CN(c4nc5ccc(OCCO)cc5o4)C3)nc2C(N)=O)cn1. The summed E-state index contributed by atoms with van der Waals surface area (Å²) in [6.07, 6.45) is 5.02. The molecule has 4 heterocycles. The van der Waals surface area contributed by atoms with Gasteiger partial charge >= 0.3 is 0 Å². The van der Waals surface area contributed by atoms with Crippen molar-refractivity contribution in [2.75, 3.05) is 36.5 Å². The Hall–Kier alpha value is -4.19. The number of anilines is 3. The number of aliphatic hydroxyl groups excluding tert-OH is 1. The van der Waals surface area contributed by atoms with E-state index in [-0.39, 0.29) is 30.6 Å². The number of carbonyl (C=O) groups excluding carboxylic acids is 1. The highest BCUT2D eigenvalue weighted by Gasteiger charge is 2.33. The van der Waals surface area contributed by atoms with Gasteiger partial charge in [-0.2, -0.15) is 10.1 Å². The molecule has 0 unspecified atom stereocenters. The van der Waals surface area contributed by atoms with Gasteiger partial charge in [-0.1, -0.05) is 0 Å². The quantitative estimate of drug-likeness (QED) is 0.356. The number of aliphatic hydroxyl groups is 1. The maximum atomic E-state index is 12.0. The third-order valence-corrected chi connectivity index (χ3v) is 5.27. The third-order valence-electron chi connectivity index (χ3n) is 5.27. The lowest BCUT2D eigenvalue weighted by atomic mass is 9.97. The van der Waals surface area contributed by atoms with Crippen LogP contribution in [0.25, 0.3) is 11.1 Å². The van der Waals surface area contributed by atoms with Crippen molar-refractivity contribution in [3.8, 4) is 5.75 Å². The van der Waals surface area contributed by atoms with Gasteiger partial charge in [0.05, 0.1) is 30.4 Å². The summed E-state index contributed by atoms with van der Waals surface area (Å²) in [5, 5.41) is 16.0. The van der Waals surface area contributed by atoms with E-state index >= 15 is 0 Å². The number of rotatable bonds is 8. The average Bonchev–Trinajstić information content (AvgIpc) is 3.37. The highest BCUT2D eigenvalue weighted by atomic mass is 16.5. The van der Waals surface area contributed by atoms with Crippen LogP contribution in [0.3, 0.4) is 0 Å². The summed E-state index contributed by atoms with van der Waals surface area (Å²) in [5.41, 5.74) is 8.29. The first-order valence-corrected chi connectivity index (χ1v) is 10.3. The molecule has 3 aromatic heterocycles. The normalized spacial score (nSPS) is 13.8. The summed E-state index contributed by atoms with van der Waals surface area (Å²) in [6, 6.07) is 5.84. The van der Waals surface area contributed by atoms with Crippen molar-refractivity contribution < 1.29 is 19.1 Å². The molecule has 0 bridgehead atoms. The van der Waals surface area contributed by atoms with Crippen LogP contribution in [0, 0.1) is 0 Å². The summed E-state index contributed by atoms with van der Waals surface area (Å²) < 4.78 is 12.9. The fourth-order valence-corrected chi connectivity index (χ4v) is 3.59. The first-order valence-electron chi connectivity index (χ1n) is 10.3. The Morgan fingerprint density at radius 1 is 1.33 bits per heavy atom. The number of benzene rings is 1. The highest BCUT2D eigenvalue weighted by molar-refractivity contribution is 5.96. The Balaban J connectivity index is 1.29. The number of aromatic nitrogens is 5. The van der Waals surface area contributed by atoms with Crippen LogP contribution in [0.2, 0.25) is 0 Å². The van der Waals surface area contributed by atoms with E-state index in [9.17, 15) is 4.79 Å². The van der Waals surface area contributed by atoms with Crippen molar-refractivity contribution in [3.05, 3.63) is 48.2 Å². The predicted octanol–water partition coefficient (Wildman–Crippen LogP) is 1.17. The minimum Gasteiger partial charge on any atom is -0.491 e. The average molecular weight is 450 g/mol. The Kier molecular flexibility index (Phi) is 5.26. The van der Waals surface area contributed by atoms with Crippen LogP contribution in [0.5, 0.6) is 5.75 Å². The topological polar surface area (TPSA) is 157 Å². The van der Waals surface area contributed by atoms with Crippen molar-refractivity contribution in [1.29, 1.82) is 0 Å². The van der Waals surface area contributed by atoms with Gasteiger partial charge in [-0.15, -0.1) is 0 Å². The predicted molar refractivity (Wildman–Crippen MR) is 119 cm³/mol. The Morgan fingerprint density at radius 3 is 2.91 bits per heavy atom. The molecule has 0 aliphatic carbocycles. The van der Waals surface area contributed by atoms with Crippen LogP contribution in [-0.4, -0.2) is 62.0 Å². The van der Waals surface area contributed by atoms with E-state index in [2.05, 4.69) is 25.4 Å². The molecule has 0 spiro atoms. The molecule has 33 heavy (non-hydrogen) atoms. The van der Waals surface area contributed by atoms with Crippen LogP contribution in [0.4, 0.5) is 17.5 Å². The Morgan fingerprint density at radius 2 is 2.18 bits per heavy atom. The second-order valence-electron chi connectivity index (χ2n) is 7.68. The summed E-state index contributed by atoms with van der Waals surface area (Å²) in [4.78, 5) is 27.3. The van der Waals surface area contributed by atoms with Crippen LogP contribution in [0.15, 0.2) is 41.2 Å². The first kappa shape index (κ1) is 20.7. The number of amides is 1. The number of nitrogens with two attached hydrogens (primary N) is 1. The zero-order valence-corrected chi connectivity index (χ0v) is 17.8. The number of hydrogen-bond acceptors (Lipinski definition) is 10. The molecule has 1 aliphatic heterocycles. The number of oxazole rings is 1. The van der Waals surface area contributed by atoms with Crippen molar-refractivity contribution in [3.63, 3.8) is 0 Å². The number of carbonyl (C=O) groups is 1. The fourth-order valence-electron chi connectivity index (χ4n) is 3.59.